The molecule has 18 heavy (non-hydrogen) atoms. The molecule has 0 aliphatic rings. The number of nitrogens with zero attached hydrogens (tertiary/aromatic N) is 1. The highest BCUT2D eigenvalue weighted by molar-refractivity contribution is 5.81. The highest BCUT2D eigenvalue weighted by atomic mass is 14.9. The first-order valence-corrected chi connectivity index (χ1v) is 6.94. The lowest BCUT2D eigenvalue weighted by molar-refractivity contribution is 0.444. The van der Waals surface area contributed by atoms with Crippen LogP contribution in [-0.4, -0.2) is 11.9 Å². The van der Waals surface area contributed by atoms with E-state index in [4.69, 9.17) is 5.73 Å². The molecule has 3 heteroatoms. The molecule has 0 aliphatic carbocycles. The summed E-state index contributed by atoms with van der Waals surface area (Å²) in [6.07, 6.45) is 7.73. The van der Waals surface area contributed by atoms with Crippen LogP contribution in [0.3, 0.4) is 0 Å². The lowest BCUT2D eigenvalue weighted by atomic mass is 10.0. The van der Waals surface area contributed by atoms with Crippen LogP contribution in [0.25, 0.3) is 0 Å². The van der Waals surface area contributed by atoms with E-state index in [0.717, 1.165) is 37.2 Å². The Kier molecular flexibility index (Phi) is 9.07. The quantitative estimate of drug-likeness (QED) is 0.486. The third-order valence-corrected chi connectivity index (χ3v) is 2.90. The van der Waals surface area contributed by atoms with Crippen LogP contribution in [0.4, 0.5) is 0 Å². The van der Waals surface area contributed by atoms with Crippen LogP contribution in [0.2, 0.25) is 0 Å². The molecule has 3 nitrogen and oxygen atoms in total. The largest absolute Gasteiger partial charge is 0.388 e. The van der Waals surface area contributed by atoms with Gasteiger partial charge in [0, 0.05) is 18.2 Å². The average molecular weight is 251 g/mol. The molecule has 0 saturated heterocycles. The van der Waals surface area contributed by atoms with E-state index in [1.807, 2.05) is 0 Å². The highest BCUT2D eigenvalue weighted by Gasteiger charge is 2.09. The maximum absolute atomic E-state index is 5.86. The molecular formula is C15H29N3. The van der Waals surface area contributed by atoms with Gasteiger partial charge in [-0.2, -0.15) is 0 Å². The second kappa shape index (κ2) is 9.75. The fourth-order valence-electron chi connectivity index (χ4n) is 1.71. The van der Waals surface area contributed by atoms with E-state index in [2.05, 4.69) is 50.7 Å². The molecule has 0 aromatic rings. The van der Waals surface area contributed by atoms with Crippen LogP contribution >= 0.6 is 0 Å². The van der Waals surface area contributed by atoms with Crippen molar-refractivity contribution >= 4 is 5.84 Å². The van der Waals surface area contributed by atoms with Gasteiger partial charge in [-0.3, -0.25) is 0 Å². The zero-order chi connectivity index (χ0) is 14.0. The summed E-state index contributed by atoms with van der Waals surface area (Å²) in [7, 11) is 0. The molecule has 0 aliphatic heterocycles. The van der Waals surface area contributed by atoms with Gasteiger partial charge in [-0.15, -0.1) is 0 Å². The van der Waals surface area contributed by atoms with Crippen LogP contribution < -0.4 is 11.1 Å². The van der Waals surface area contributed by atoms with Crippen molar-refractivity contribution in [1.29, 1.82) is 0 Å². The Labute approximate surface area is 112 Å². The summed E-state index contributed by atoms with van der Waals surface area (Å²) in [5.74, 6) is 1.30. The molecule has 0 heterocycles. The standard InChI is InChI=1S/C15H29N3/c1-6-9-15(16)18-13(7-2)10-11-14(12(4)5)17-8-3/h8,10,12,14,17H,3,6-7,9,11H2,1-2,4-5H3,(H2,16,18)/b13-10+. The molecule has 0 rings (SSSR count). The van der Waals surface area contributed by atoms with Crippen LogP contribution in [0.15, 0.2) is 29.5 Å². The van der Waals surface area contributed by atoms with Gasteiger partial charge in [0.15, 0.2) is 0 Å². The van der Waals surface area contributed by atoms with Crippen LogP contribution in [-0.2, 0) is 0 Å². The van der Waals surface area contributed by atoms with Crippen molar-refractivity contribution in [2.45, 2.75) is 59.4 Å². The third-order valence-electron chi connectivity index (χ3n) is 2.90. The molecule has 104 valence electrons. The van der Waals surface area contributed by atoms with Gasteiger partial charge in [0.25, 0.3) is 0 Å². The van der Waals surface area contributed by atoms with Crippen LogP contribution in [0, 0.1) is 5.92 Å². The summed E-state index contributed by atoms with van der Waals surface area (Å²) in [6.45, 7) is 12.4. The highest BCUT2D eigenvalue weighted by Crippen LogP contribution is 2.11. The number of rotatable bonds is 9. The Hall–Kier alpha value is -1.25. The average Bonchev–Trinajstić information content (AvgIpc) is 2.32. The van der Waals surface area contributed by atoms with Gasteiger partial charge in [-0.25, -0.2) is 4.99 Å². The summed E-state index contributed by atoms with van der Waals surface area (Å²) in [6, 6.07) is 0.409. The van der Waals surface area contributed by atoms with Crippen molar-refractivity contribution in [3.8, 4) is 0 Å². The van der Waals surface area contributed by atoms with E-state index >= 15 is 0 Å². The molecule has 0 bridgehead atoms. The minimum atomic E-state index is 0.409. The molecular weight excluding hydrogens is 222 g/mol. The summed E-state index contributed by atoms with van der Waals surface area (Å²) < 4.78 is 0. The molecule has 0 fully saturated rings. The fourth-order valence-corrected chi connectivity index (χ4v) is 1.71. The van der Waals surface area contributed by atoms with Gasteiger partial charge >= 0.3 is 0 Å². The van der Waals surface area contributed by atoms with Gasteiger partial charge in [0.1, 0.15) is 0 Å². The lowest BCUT2D eigenvalue weighted by Crippen LogP contribution is -2.29. The third kappa shape index (κ3) is 7.15. The Bertz CT molecular complexity index is 290. The van der Waals surface area contributed by atoms with Crippen molar-refractivity contribution in [2.24, 2.45) is 16.6 Å². The summed E-state index contributed by atoms with van der Waals surface area (Å²) in [5.41, 5.74) is 6.94. The zero-order valence-electron chi connectivity index (χ0n) is 12.4. The van der Waals surface area contributed by atoms with E-state index in [1.165, 1.54) is 0 Å². The summed E-state index contributed by atoms with van der Waals surface area (Å²) in [5, 5.41) is 3.28. The number of amidine groups is 1. The van der Waals surface area contributed by atoms with E-state index < -0.39 is 0 Å². The normalized spacial score (nSPS) is 14.7. The molecule has 0 amide bonds. The number of nitrogens with two attached hydrogens (primary N) is 1. The van der Waals surface area contributed by atoms with Crippen molar-refractivity contribution in [3.63, 3.8) is 0 Å². The predicted molar refractivity (Wildman–Crippen MR) is 81.5 cm³/mol. The molecule has 1 unspecified atom stereocenters. The molecule has 0 spiro atoms. The maximum Gasteiger partial charge on any atom is 0.0992 e. The number of nitrogens with one attached hydrogen (secondary N) is 1. The second-order valence-corrected chi connectivity index (χ2v) is 4.86. The van der Waals surface area contributed by atoms with Gasteiger partial charge in [-0.05, 0) is 31.4 Å². The monoisotopic (exact) mass is 251 g/mol. The molecule has 0 aromatic carbocycles. The zero-order valence-corrected chi connectivity index (χ0v) is 12.4. The van der Waals surface area contributed by atoms with E-state index in [-0.39, 0.29) is 0 Å². The summed E-state index contributed by atoms with van der Waals surface area (Å²) in [4.78, 5) is 4.48. The van der Waals surface area contributed by atoms with Gasteiger partial charge in [0.05, 0.1) is 5.84 Å². The number of aliphatic imine (C=N–C) groups is 1. The molecule has 0 aromatic heterocycles. The van der Waals surface area contributed by atoms with Crippen molar-refractivity contribution in [1.82, 2.24) is 5.32 Å². The van der Waals surface area contributed by atoms with E-state index in [0.29, 0.717) is 12.0 Å². The fraction of sp³-hybridized carbons (Fsp3) is 0.667. The topological polar surface area (TPSA) is 50.4 Å². The Morgan fingerprint density at radius 3 is 2.50 bits per heavy atom. The Morgan fingerprint density at radius 2 is 2.06 bits per heavy atom. The Balaban J connectivity index is 4.59. The second-order valence-electron chi connectivity index (χ2n) is 4.86. The summed E-state index contributed by atoms with van der Waals surface area (Å²) >= 11 is 0. The van der Waals surface area contributed by atoms with Crippen molar-refractivity contribution in [3.05, 3.63) is 24.6 Å². The lowest BCUT2D eigenvalue weighted by Gasteiger charge is -2.19. The van der Waals surface area contributed by atoms with E-state index in [1.54, 1.807) is 6.20 Å². The Morgan fingerprint density at radius 1 is 1.39 bits per heavy atom. The van der Waals surface area contributed by atoms with Gasteiger partial charge in [-0.1, -0.05) is 40.3 Å². The number of hydrogen-bond acceptors (Lipinski definition) is 2. The van der Waals surface area contributed by atoms with Crippen molar-refractivity contribution in [2.75, 3.05) is 0 Å². The predicted octanol–water partition coefficient (Wildman–Crippen LogP) is 3.59. The van der Waals surface area contributed by atoms with Gasteiger partial charge in [0.2, 0.25) is 0 Å². The first kappa shape index (κ1) is 16.8. The first-order valence-electron chi connectivity index (χ1n) is 6.94. The number of hydrogen-bond donors (Lipinski definition) is 2. The van der Waals surface area contributed by atoms with E-state index in [9.17, 15) is 0 Å². The molecule has 1 atom stereocenters. The SMILES string of the molecule is C=CNC(C/C=C(CC)/N=C(/N)CCC)C(C)C. The minimum absolute atomic E-state index is 0.409. The minimum Gasteiger partial charge on any atom is -0.388 e. The molecule has 0 saturated carbocycles. The van der Waals surface area contributed by atoms with Gasteiger partial charge < -0.3 is 11.1 Å². The molecule has 0 radical (unpaired) electrons. The van der Waals surface area contributed by atoms with Crippen molar-refractivity contribution < 1.29 is 0 Å². The first-order chi connectivity index (χ1) is 8.54. The molecule has 3 N–H and O–H groups in total. The smallest absolute Gasteiger partial charge is 0.0992 e. The number of allylic oxidation sites excluding steroid dienone is 1. The van der Waals surface area contributed by atoms with Crippen LogP contribution in [0.1, 0.15) is 53.4 Å². The van der Waals surface area contributed by atoms with Crippen LogP contribution in [0.5, 0.6) is 0 Å². The maximum atomic E-state index is 5.86.